The Morgan fingerprint density at radius 2 is 2.04 bits per heavy atom. The Hall–Kier alpha value is -2.62. The van der Waals surface area contributed by atoms with Gasteiger partial charge in [0.1, 0.15) is 5.52 Å². The van der Waals surface area contributed by atoms with E-state index in [1.54, 1.807) is 0 Å². The maximum atomic E-state index is 12.0. The van der Waals surface area contributed by atoms with Crippen LogP contribution in [0.4, 0.5) is 5.69 Å². The molecule has 1 amide bonds. The average molecular weight is 306 g/mol. The summed E-state index contributed by atoms with van der Waals surface area (Å²) in [6.07, 6.45) is 3.14. The molecule has 4 nitrogen and oxygen atoms in total. The van der Waals surface area contributed by atoms with E-state index in [-0.39, 0.29) is 11.8 Å². The summed E-state index contributed by atoms with van der Waals surface area (Å²) in [4.78, 5) is 16.6. The van der Waals surface area contributed by atoms with Crippen molar-refractivity contribution in [3.05, 3.63) is 48.0 Å². The van der Waals surface area contributed by atoms with Gasteiger partial charge in [-0.25, -0.2) is 4.98 Å². The van der Waals surface area contributed by atoms with Gasteiger partial charge >= 0.3 is 0 Å². The molecule has 0 aliphatic heterocycles. The van der Waals surface area contributed by atoms with E-state index in [4.69, 9.17) is 4.42 Å². The van der Waals surface area contributed by atoms with Crippen LogP contribution in [0.3, 0.4) is 0 Å². The molecule has 1 aliphatic rings. The van der Waals surface area contributed by atoms with E-state index in [9.17, 15) is 4.79 Å². The van der Waals surface area contributed by atoms with Gasteiger partial charge in [0.2, 0.25) is 11.8 Å². The van der Waals surface area contributed by atoms with Crippen molar-refractivity contribution in [2.24, 2.45) is 5.92 Å². The lowest BCUT2D eigenvalue weighted by Crippen LogP contribution is -2.27. The number of nitrogens with one attached hydrogen (secondary N) is 1. The SMILES string of the molecule is Cc1ccccc1-c1nc2ccc(NC(=O)C3CCC3)cc2o1. The lowest BCUT2D eigenvalue weighted by molar-refractivity contribution is -0.122. The Labute approximate surface area is 134 Å². The lowest BCUT2D eigenvalue weighted by Gasteiger charge is -2.23. The minimum atomic E-state index is 0.106. The predicted octanol–water partition coefficient (Wildman–Crippen LogP) is 4.54. The zero-order valence-electron chi connectivity index (χ0n) is 13.0. The first kappa shape index (κ1) is 14.0. The third-order valence-electron chi connectivity index (χ3n) is 4.51. The minimum absolute atomic E-state index is 0.106. The molecule has 23 heavy (non-hydrogen) atoms. The Morgan fingerprint density at radius 1 is 1.22 bits per heavy atom. The first-order valence-electron chi connectivity index (χ1n) is 7.98. The van der Waals surface area contributed by atoms with Crippen molar-refractivity contribution in [3.63, 3.8) is 0 Å². The zero-order chi connectivity index (χ0) is 15.8. The van der Waals surface area contributed by atoms with Crippen molar-refractivity contribution in [1.29, 1.82) is 0 Å². The molecule has 4 rings (SSSR count). The number of carbonyl (C=O) groups is 1. The number of fused-ring (bicyclic) bond motifs is 1. The van der Waals surface area contributed by atoms with E-state index in [0.29, 0.717) is 11.5 Å². The normalized spacial score (nSPS) is 14.7. The fourth-order valence-corrected chi connectivity index (χ4v) is 2.85. The van der Waals surface area contributed by atoms with Crippen LogP contribution in [-0.4, -0.2) is 10.9 Å². The summed E-state index contributed by atoms with van der Waals surface area (Å²) >= 11 is 0. The maximum absolute atomic E-state index is 12.0. The molecule has 3 aromatic rings. The molecule has 0 saturated heterocycles. The number of benzene rings is 2. The van der Waals surface area contributed by atoms with Crippen LogP contribution in [0.5, 0.6) is 0 Å². The summed E-state index contributed by atoms with van der Waals surface area (Å²) in [5, 5.41) is 2.97. The molecule has 4 heteroatoms. The summed E-state index contributed by atoms with van der Waals surface area (Å²) in [6, 6.07) is 13.6. The van der Waals surface area contributed by atoms with Crippen LogP contribution in [0.1, 0.15) is 24.8 Å². The standard InChI is InChI=1S/C19H18N2O2/c1-12-5-2-3-8-15(12)19-21-16-10-9-14(11-17(16)23-19)20-18(22)13-6-4-7-13/h2-3,5,8-11,13H,4,6-7H2,1H3,(H,20,22). The van der Waals surface area contributed by atoms with Crippen LogP contribution in [0.2, 0.25) is 0 Å². The third kappa shape index (κ3) is 2.61. The number of rotatable bonds is 3. The number of hydrogen-bond acceptors (Lipinski definition) is 3. The second kappa shape index (κ2) is 5.54. The summed E-state index contributed by atoms with van der Waals surface area (Å²) < 4.78 is 5.90. The number of hydrogen-bond donors (Lipinski definition) is 1. The van der Waals surface area contributed by atoms with Crippen LogP contribution in [0.15, 0.2) is 46.9 Å². The molecule has 0 radical (unpaired) electrons. The molecule has 116 valence electrons. The highest BCUT2D eigenvalue weighted by Crippen LogP contribution is 2.30. The van der Waals surface area contributed by atoms with E-state index in [1.807, 2.05) is 49.4 Å². The van der Waals surface area contributed by atoms with Crippen molar-refractivity contribution in [1.82, 2.24) is 4.98 Å². The quantitative estimate of drug-likeness (QED) is 0.772. The summed E-state index contributed by atoms with van der Waals surface area (Å²) in [6.45, 7) is 2.04. The topological polar surface area (TPSA) is 55.1 Å². The first-order chi connectivity index (χ1) is 11.2. The third-order valence-corrected chi connectivity index (χ3v) is 4.51. The maximum Gasteiger partial charge on any atom is 0.227 e. The lowest BCUT2D eigenvalue weighted by atomic mass is 9.85. The Balaban J connectivity index is 1.64. The van der Waals surface area contributed by atoms with Gasteiger partial charge in [-0.1, -0.05) is 24.6 Å². The second-order valence-corrected chi connectivity index (χ2v) is 6.13. The number of nitrogens with zero attached hydrogens (tertiary/aromatic N) is 1. The van der Waals surface area contributed by atoms with E-state index in [0.717, 1.165) is 41.6 Å². The van der Waals surface area contributed by atoms with Gasteiger partial charge in [0.05, 0.1) is 0 Å². The van der Waals surface area contributed by atoms with Gasteiger partial charge in [0.15, 0.2) is 5.58 Å². The molecule has 0 unspecified atom stereocenters. The minimum Gasteiger partial charge on any atom is -0.436 e. The molecule has 2 aromatic carbocycles. The molecule has 1 saturated carbocycles. The number of aromatic nitrogens is 1. The highest BCUT2D eigenvalue weighted by molar-refractivity contribution is 5.94. The zero-order valence-corrected chi connectivity index (χ0v) is 13.0. The fourth-order valence-electron chi connectivity index (χ4n) is 2.85. The van der Waals surface area contributed by atoms with Crippen LogP contribution < -0.4 is 5.32 Å². The molecule has 1 heterocycles. The Kier molecular flexibility index (Phi) is 3.37. The fraction of sp³-hybridized carbons (Fsp3) is 0.263. The molecule has 1 aromatic heterocycles. The largest absolute Gasteiger partial charge is 0.436 e. The molecule has 0 spiro atoms. The van der Waals surface area contributed by atoms with Crippen molar-refractivity contribution in [3.8, 4) is 11.5 Å². The van der Waals surface area contributed by atoms with Crippen molar-refractivity contribution in [2.75, 3.05) is 5.32 Å². The number of amides is 1. The Morgan fingerprint density at radius 3 is 2.78 bits per heavy atom. The van der Waals surface area contributed by atoms with Crippen LogP contribution in [-0.2, 0) is 4.79 Å². The number of carbonyl (C=O) groups excluding carboxylic acids is 1. The van der Waals surface area contributed by atoms with E-state index >= 15 is 0 Å². The summed E-state index contributed by atoms with van der Waals surface area (Å²) in [5.41, 5.74) is 4.36. The summed E-state index contributed by atoms with van der Waals surface area (Å²) in [5.74, 6) is 0.887. The van der Waals surface area contributed by atoms with E-state index < -0.39 is 0 Å². The molecule has 0 bridgehead atoms. The number of aryl methyl sites for hydroxylation is 1. The molecule has 0 atom stereocenters. The van der Waals surface area contributed by atoms with Crippen molar-refractivity contribution >= 4 is 22.7 Å². The number of anilines is 1. The van der Waals surface area contributed by atoms with Gasteiger partial charge < -0.3 is 9.73 Å². The van der Waals surface area contributed by atoms with Crippen molar-refractivity contribution in [2.45, 2.75) is 26.2 Å². The molecule has 1 N–H and O–H groups in total. The second-order valence-electron chi connectivity index (χ2n) is 6.13. The highest BCUT2D eigenvalue weighted by atomic mass is 16.3. The van der Waals surface area contributed by atoms with Gasteiger partial charge in [-0.05, 0) is 43.5 Å². The van der Waals surface area contributed by atoms with E-state index in [1.165, 1.54) is 0 Å². The Bertz CT molecular complexity index is 878. The average Bonchev–Trinajstić information content (AvgIpc) is 2.88. The molecular weight excluding hydrogens is 288 g/mol. The van der Waals surface area contributed by atoms with Crippen LogP contribution in [0, 0.1) is 12.8 Å². The van der Waals surface area contributed by atoms with E-state index in [2.05, 4.69) is 10.3 Å². The predicted molar refractivity (Wildman–Crippen MR) is 90.2 cm³/mol. The van der Waals surface area contributed by atoms with Gasteiger partial charge in [0, 0.05) is 23.2 Å². The van der Waals surface area contributed by atoms with Gasteiger partial charge in [-0.15, -0.1) is 0 Å². The first-order valence-corrected chi connectivity index (χ1v) is 7.98. The van der Waals surface area contributed by atoms with Crippen LogP contribution in [0.25, 0.3) is 22.6 Å². The van der Waals surface area contributed by atoms with Crippen molar-refractivity contribution < 1.29 is 9.21 Å². The van der Waals surface area contributed by atoms with Gasteiger partial charge in [-0.3, -0.25) is 4.79 Å². The van der Waals surface area contributed by atoms with Crippen LogP contribution >= 0.6 is 0 Å². The summed E-state index contributed by atoms with van der Waals surface area (Å²) in [7, 11) is 0. The monoisotopic (exact) mass is 306 g/mol. The smallest absolute Gasteiger partial charge is 0.227 e. The molecule has 1 aliphatic carbocycles. The highest BCUT2D eigenvalue weighted by Gasteiger charge is 2.25. The number of oxazole rings is 1. The van der Waals surface area contributed by atoms with Gasteiger partial charge in [0.25, 0.3) is 0 Å². The van der Waals surface area contributed by atoms with Gasteiger partial charge in [-0.2, -0.15) is 0 Å². The molecular formula is C19H18N2O2. The molecule has 1 fully saturated rings.